The van der Waals surface area contributed by atoms with Crippen LogP contribution in [0.5, 0.6) is 0 Å². The van der Waals surface area contributed by atoms with Crippen molar-refractivity contribution < 1.29 is 9.59 Å². The maximum absolute atomic E-state index is 12.2. The van der Waals surface area contributed by atoms with Gasteiger partial charge in [-0.1, -0.05) is 44.2 Å². The number of nitrogens with one attached hydrogen (secondary N) is 1. The lowest BCUT2D eigenvalue weighted by Gasteiger charge is -2.07. The van der Waals surface area contributed by atoms with Crippen LogP contribution in [-0.2, 0) is 11.2 Å². The summed E-state index contributed by atoms with van der Waals surface area (Å²) in [6.45, 7) is 6.22. The molecule has 0 bridgehead atoms. The highest BCUT2D eigenvalue weighted by Crippen LogP contribution is 2.13. The lowest BCUT2D eigenvalue weighted by molar-refractivity contribution is -0.116. The van der Waals surface area contributed by atoms with Gasteiger partial charge in [-0.15, -0.1) is 0 Å². The Kier molecular flexibility index (Phi) is 6.24. The fourth-order valence-electron chi connectivity index (χ4n) is 2.48. The minimum Gasteiger partial charge on any atom is -0.310 e. The minimum atomic E-state index is -0.193. The lowest BCUT2D eigenvalue weighted by atomic mass is 9.99. The molecule has 2 rings (SSSR count). The Morgan fingerprint density at radius 1 is 1.08 bits per heavy atom. The van der Waals surface area contributed by atoms with Crippen molar-refractivity contribution in [3.63, 3.8) is 0 Å². The molecule has 1 amide bonds. The van der Waals surface area contributed by atoms with Crippen LogP contribution in [0.2, 0.25) is 0 Å². The van der Waals surface area contributed by atoms with Crippen LogP contribution in [-0.4, -0.2) is 16.7 Å². The van der Waals surface area contributed by atoms with E-state index in [2.05, 4.69) is 24.1 Å². The number of rotatable bonds is 7. The molecule has 0 atom stereocenters. The number of carbonyl (C=O) groups excluding carboxylic acids is 2. The quantitative estimate of drug-likeness (QED) is 0.777. The van der Waals surface area contributed by atoms with Crippen molar-refractivity contribution >= 4 is 17.5 Å². The molecule has 0 aliphatic carbocycles. The first-order valence-corrected chi connectivity index (χ1v) is 8.29. The molecule has 0 spiro atoms. The average molecular weight is 324 g/mol. The van der Waals surface area contributed by atoms with Gasteiger partial charge in [0, 0.05) is 24.6 Å². The monoisotopic (exact) mass is 324 g/mol. The summed E-state index contributed by atoms with van der Waals surface area (Å²) in [5, 5.41) is 2.75. The van der Waals surface area contributed by atoms with Gasteiger partial charge in [-0.2, -0.15) is 0 Å². The Labute approximate surface area is 143 Å². The topological polar surface area (TPSA) is 59.1 Å². The van der Waals surface area contributed by atoms with E-state index in [1.165, 1.54) is 5.56 Å². The molecule has 0 radical (unpaired) electrons. The van der Waals surface area contributed by atoms with E-state index in [1.807, 2.05) is 43.3 Å². The third kappa shape index (κ3) is 5.30. The summed E-state index contributed by atoms with van der Waals surface area (Å²) in [4.78, 5) is 28.3. The van der Waals surface area contributed by atoms with E-state index in [4.69, 9.17) is 0 Å². The second-order valence-corrected chi connectivity index (χ2v) is 6.44. The van der Waals surface area contributed by atoms with Gasteiger partial charge in [0.1, 0.15) is 5.82 Å². The molecule has 1 N–H and O–H groups in total. The van der Waals surface area contributed by atoms with Gasteiger partial charge in [0.25, 0.3) is 0 Å². The first-order chi connectivity index (χ1) is 11.5. The van der Waals surface area contributed by atoms with Crippen LogP contribution in [0.1, 0.15) is 48.2 Å². The molecular formula is C20H24N2O2. The number of aryl methyl sites for hydroxylation is 1. The summed E-state index contributed by atoms with van der Waals surface area (Å²) in [6.07, 6.45) is 2.98. The number of anilines is 1. The maximum atomic E-state index is 12.2. The fourth-order valence-corrected chi connectivity index (χ4v) is 2.48. The predicted molar refractivity (Wildman–Crippen MR) is 96.2 cm³/mol. The molecule has 4 heteroatoms. The summed E-state index contributed by atoms with van der Waals surface area (Å²) in [7, 11) is 0. The molecular weight excluding hydrogens is 300 g/mol. The Hall–Kier alpha value is -2.49. The van der Waals surface area contributed by atoms with Gasteiger partial charge in [0.2, 0.25) is 5.91 Å². The molecule has 1 heterocycles. The molecule has 2 aromatic rings. The zero-order chi connectivity index (χ0) is 17.5. The van der Waals surface area contributed by atoms with Crippen LogP contribution in [0.4, 0.5) is 5.82 Å². The molecule has 4 nitrogen and oxygen atoms in total. The zero-order valence-electron chi connectivity index (χ0n) is 14.5. The predicted octanol–water partition coefficient (Wildman–Crippen LogP) is 4.19. The fraction of sp³-hybridized carbons (Fsp3) is 0.350. The van der Waals surface area contributed by atoms with E-state index in [9.17, 15) is 9.59 Å². The molecule has 0 aliphatic heterocycles. The summed E-state index contributed by atoms with van der Waals surface area (Å²) in [5.74, 6) is 0.929. The van der Waals surface area contributed by atoms with E-state index < -0.39 is 0 Å². The Bertz CT molecular complexity index is 706. The number of aromatic nitrogens is 1. The average Bonchev–Trinajstić information content (AvgIpc) is 2.55. The molecule has 1 aromatic heterocycles. The van der Waals surface area contributed by atoms with Crippen LogP contribution < -0.4 is 5.32 Å². The van der Waals surface area contributed by atoms with Crippen LogP contribution >= 0.6 is 0 Å². The van der Waals surface area contributed by atoms with Gasteiger partial charge >= 0.3 is 0 Å². The number of pyridine rings is 1. The number of Topliss-reactive ketones (excluding diaryl/α,β-unsaturated/α-hetero) is 1. The van der Waals surface area contributed by atoms with Crippen molar-refractivity contribution in [3.05, 3.63) is 59.3 Å². The van der Waals surface area contributed by atoms with Crippen molar-refractivity contribution in [2.24, 2.45) is 5.92 Å². The van der Waals surface area contributed by atoms with E-state index in [1.54, 1.807) is 6.20 Å². The van der Waals surface area contributed by atoms with Gasteiger partial charge in [-0.3, -0.25) is 9.59 Å². The number of hydrogen-bond donors (Lipinski definition) is 1. The summed E-state index contributed by atoms with van der Waals surface area (Å²) in [5.41, 5.74) is 2.78. The van der Waals surface area contributed by atoms with Crippen LogP contribution in [0, 0.1) is 12.8 Å². The van der Waals surface area contributed by atoms with Crippen LogP contribution in [0.15, 0.2) is 42.6 Å². The first-order valence-electron chi connectivity index (χ1n) is 8.29. The first kappa shape index (κ1) is 17.9. The van der Waals surface area contributed by atoms with Crippen LogP contribution in [0.3, 0.4) is 0 Å². The van der Waals surface area contributed by atoms with Crippen molar-refractivity contribution in [3.8, 4) is 0 Å². The van der Waals surface area contributed by atoms with Gasteiger partial charge in [-0.25, -0.2) is 4.98 Å². The summed E-state index contributed by atoms with van der Waals surface area (Å²) < 4.78 is 0. The van der Waals surface area contributed by atoms with Crippen molar-refractivity contribution in [2.45, 2.75) is 40.0 Å². The second kappa shape index (κ2) is 8.39. The minimum absolute atomic E-state index is 0.0148. The van der Waals surface area contributed by atoms with Crippen LogP contribution in [0.25, 0.3) is 0 Å². The number of amides is 1. The maximum Gasteiger partial charge on any atom is 0.225 e. The van der Waals surface area contributed by atoms with Crippen molar-refractivity contribution in [2.75, 3.05) is 5.32 Å². The molecule has 0 fully saturated rings. The third-order valence-electron chi connectivity index (χ3n) is 3.77. The summed E-state index contributed by atoms with van der Waals surface area (Å²) >= 11 is 0. The molecule has 0 saturated carbocycles. The van der Waals surface area contributed by atoms with Crippen molar-refractivity contribution in [1.29, 1.82) is 0 Å². The van der Waals surface area contributed by atoms with Gasteiger partial charge in [0.15, 0.2) is 5.78 Å². The largest absolute Gasteiger partial charge is 0.310 e. The number of benzene rings is 1. The molecule has 1 aromatic carbocycles. The van der Waals surface area contributed by atoms with Gasteiger partial charge in [0.05, 0.1) is 0 Å². The highest BCUT2D eigenvalue weighted by molar-refractivity contribution is 5.99. The number of carbonyl (C=O) groups is 2. The van der Waals surface area contributed by atoms with Gasteiger partial charge < -0.3 is 5.32 Å². The zero-order valence-corrected chi connectivity index (χ0v) is 14.5. The van der Waals surface area contributed by atoms with E-state index >= 15 is 0 Å². The van der Waals surface area contributed by atoms with Gasteiger partial charge in [-0.05, 0) is 36.5 Å². The molecule has 0 unspecified atom stereocenters. The van der Waals surface area contributed by atoms with Crippen molar-refractivity contribution in [1.82, 2.24) is 4.98 Å². The third-order valence-corrected chi connectivity index (χ3v) is 3.77. The number of ketones is 1. The SMILES string of the molecule is Cc1cccnc1NC(=O)CCC(=O)c1ccc(CC(C)C)cc1. The Morgan fingerprint density at radius 2 is 1.79 bits per heavy atom. The highest BCUT2D eigenvalue weighted by atomic mass is 16.2. The van der Waals surface area contributed by atoms with E-state index in [0.717, 1.165) is 12.0 Å². The molecule has 24 heavy (non-hydrogen) atoms. The Balaban J connectivity index is 1.86. The number of hydrogen-bond acceptors (Lipinski definition) is 3. The second-order valence-electron chi connectivity index (χ2n) is 6.44. The normalized spacial score (nSPS) is 10.7. The highest BCUT2D eigenvalue weighted by Gasteiger charge is 2.11. The van der Waals surface area contributed by atoms with E-state index in [-0.39, 0.29) is 24.5 Å². The van der Waals surface area contributed by atoms with E-state index in [0.29, 0.717) is 17.3 Å². The Morgan fingerprint density at radius 3 is 2.42 bits per heavy atom. The number of nitrogens with zero attached hydrogens (tertiary/aromatic N) is 1. The summed E-state index contributed by atoms with van der Waals surface area (Å²) in [6, 6.07) is 11.4. The molecule has 126 valence electrons. The smallest absolute Gasteiger partial charge is 0.225 e. The lowest BCUT2D eigenvalue weighted by Crippen LogP contribution is -2.15. The standard InChI is InChI=1S/C20H24N2O2/c1-14(2)13-16-6-8-17(9-7-16)18(23)10-11-19(24)22-20-15(3)5-4-12-21-20/h4-9,12,14H,10-11,13H2,1-3H3,(H,21,22,24). The molecule has 0 saturated heterocycles. The molecule has 0 aliphatic rings.